The molecule has 4 N–H and O–H groups in total. The number of amides is 5. The molecule has 18 nitrogen and oxygen atoms in total. The fourth-order valence-electron chi connectivity index (χ4n) is 9.74. The molecule has 3 aromatic carbocycles. The van der Waals surface area contributed by atoms with E-state index >= 15 is 4.39 Å². The summed E-state index contributed by atoms with van der Waals surface area (Å²) in [5.41, 5.74) is 11.6. The van der Waals surface area contributed by atoms with Crippen molar-refractivity contribution >= 4 is 45.2 Å². The van der Waals surface area contributed by atoms with Crippen molar-refractivity contribution < 1.29 is 60.5 Å². The van der Waals surface area contributed by atoms with Gasteiger partial charge in [-0.25, -0.2) is 17.8 Å². The summed E-state index contributed by atoms with van der Waals surface area (Å²) in [5, 5.41) is 5.47. The van der Waals surface area contributed by atoms with Gasteiger partial charge in [-0.15, -0.1) is 0 Å². The summed E-state index contributed by atoms with van der Waals surface area (Å²) in [7, 11) is -3.89. The zero-order chi connectivity index (χ0) is 52.2. The van der Waals surface area contributed by atoms with E-state index in [1.54, 1.807) is 35.2 Å². The number of hydrogen-bond donors (Lipinski definition) is 3. The maximum absolute atomic E-state index is 15.7. The van der Waals surface area contributed by atoms with Crippen LogP contribution < -0.4 is 16.4 Å². The van der Waals surface area contributed by atoms with E-state index in [2.05, 4.69) is 22.2 Å². The molecule has 20 heteroatoms. The highest BCUT2D eigenvalue weighted by Crippen LogP contribution is 2.35. The van der Waals surface area contributed by atoms with Gasteiger partial charge in [0.15, 0.2) is 9.84 Å². The summed E-state index contributed by atoms with van der Waals surface area (Å²) in [6.45, 7) is 8.60. The molecule has 4 aromatic rings. The Hall–Kier alpha value is -6.42. The number of nitrogens with zero attached hydrogens (tertiary/aromatic N) is 3. The number of carbonyl (C=O) groups is 5. The lowest BCUT2D eigenvalue weighted by Crippen LogP contribution is -2.51. The Morgan fingerprint density at radius 1 is 0.784 bits per heavy atom. The van der Waals surface area contributed by atoms with Crippen molar-refractivity contribution in [2.24, 2.45) is 5.92 Å². The summed E-state index contributed by atoms with van der Waals surface area (Å²) in [5.74, 6) is -2.56. The highest BCUT2D eigenvalue weighted by Gasteiger charge is 2.45. The number of nitrogens with one attached hydrogen (secondary N) is 2. The fourth-order valence-corrected chi connectivity index (χ4v) is 11.4. The van der Waals surface area contributed by atoms with E-state index < -0.39 is 39.4 Å². The lowest BCUT2D eigenvalue weighted by molar-refractivity contribution is -0.134. The lowest BCUT2D eigenvalue weighted by Gasteiger charge is -2.32. The quantitative estimate of drug-likeness (QED) is 0.0590. The maximum atomic E-state index is 15.7. The van der Waals surface area contributed by atoms with Gasteiger partial charge in [-0.2, -0.15) is 0 Å². The molecule has 2 fully saturated rings. The minimum absolute atomic E-state index is 0.125. The average Bonchev–Trinajstić information content (AvgIpc) is 3.64. The molecule has 0 aliphatic carbocycles. The van der Waals surface area contributed by atoms with Crippen molar-refractivity contribution in [3.63, 3.8) is 0 Å². The van der Waals surface area contributed by atoms with Crippen LogP contribution in [0.1, 0.15) is 80.7 Å². The third-order valence-corrected chi connectivity index (χ3v) is 15.4. The number of imide groups is 1. The topological polar surface area (TPSA) is 235 Å². The predicted octanol–water partition coefficient (Wildman–Crippen LogP) is 4.93. The molecule has 0 saturated carbocycles. The van der Waals surface area contributed by atoms with Crippen LogP contribution in [0.3, 0.4) is 0 Å². The standard InChI is InChI=1S/C54H63FN6O12S/c1-35-9-14-47(52(64)59-35)61-53(65)44-8-2-6-37(49(44)54(61)66)7-4-19-69-21-23-71-25-27-73-28-26-72-24-22-70-20-16-48(62)60-18-3-5-36(33-60)34-74(67,68)41-11-13-42(46(55)31-41)40-30-45(50(56)58-32-40)38-10-12-43-39(29-38)15-17-57-51(43)63/h2,6,8,10-13,29-32,36,47H,1,3-5,7,9,14-28,33-34H2,(H2,56,58)(H,57,63)(H,59,64)/t36-,47?/m1/s1. The Balaban J connectivity index is 0.647. The second-order valence-electron chi connectivity index (χ2n) is 18.7. The van der Waals surface area contributed by atoms with Crippen LogP contribution in [0.15, 0.2) is 84.0 Å². The highest BCUT2D eigenvalue weighted by molar-refractivity contribution is 7.91. The Morgan fingerprint density at radius 2 is 1.49 bits per heavy atom. The monoisotopic (exact) mass is 1040 g/mol. The SMILES string of the molecule is C=C1CCC(N2C(=O)c3cccc(CCCOCCOCCOCCOCCOCCC(=O)N4CCC[C@@H](CS(=O)(=O)c5ccc(-c6cnc(N)c(-c7ccc8c(c7)CCNC8=O)c6)c(F)c5)C4)c3C2=O)C(=O)N1. The summed E-state index contributed by atoms with van der Waals surface area (Å²) >= 11 is 0. The van der Waals surface area contributed by atoms with Crippen LogP contribution in [0.2, 0.25) is 0 Å². The molecule has 8 rings (SSSR count). The Morgan fingerprint density at radius 3 is 2.20 bits per heavy atom. The number of sulfone groups is 1. The number of piperidine rings is 2. The van der Waals surface area contributed by atoms with Crippen molar-refractivity contribution in [2.45, 2.75) is 62.3 Å². The van der Waals surface area contributed by atoms with Crippen molar-refractivity contribution in [1.82, 2.24) is 25.4 Å². The minimum Gasteiger partial charge on any atom is -0.383 e. The average molecular weight is 1040 g/mol. The summed E-state index contributed by atoms with van der Waals surface area (Å²) in [6, 6.07) is 15.3. The van der Waals surface area contributed by atoms with Crippen molar-refractivity contribution in [3.8, 4) is 22.3 Å². The molecule has 1 unspecified atom stereocenters. The van der Waals surface area contributed by atoms with Gasteiger partial charge in [0.2, 0.25) is 11.8 Å². The molecule has 1 aromatic heterocycles. The number of likely N-dealkylation sites (tertiary alicyclic amines) is 1. The van der Waals surface area contributed by atoms with E-state index in [1.165, 1.54) is 18.3 Å². The van der Waals surface area contributed by atoms with Gasteiger partial charge in [-0.1, -0.05) is 36.9 Å². The molecule has 5 amide bonds. The second kappa shape index (κ2) is 25.2. The first-order valence-electron chi connectivity index (χ1n) is 25.1. The van der Waals surface area contributed by atoms with Crippen LogP contribution in [-0.2, 0) is 56.0 Å². The number of benzene rings is 3. The predicted molar refractivity (Wildman–Crippen MR) is 271 cm³/mol. The summed E-state index contributed by atoms with van der Waals surface area (Å²) in [4.78, 5) is 71.2. The number of pyridine rings is 1. The number of aryl methyl sites for hydroxylation is 1. The number of nitrogens with two attached hydrogens (primary N) is 1. The van der Waals surface area contributed by atoms with Crippen LogP contribution in [0, 0.1) is 11.7 Å². The van der Waals surface area contributed by atoms with Gasteiger partial charge in [0, 0.05) is 60.4 Å². The second-order valence-corrected chi connectivity index (χ2v) is 20.7. The summed E-state index contributed by atoms with van der Waals surface area (Å²) in [6.07, 6.45) is 5.55. The van der Waals surface area contributed by atoms with Gasteiger partial charge in [-0.05, 0) is 97.9 Å². The first kappa shape index (κ1) is 53.9. The molecule has 0 bridgehead atoms. The molecule has 0 radical (unpaired) electrons. The van der Waals surface area contributed by atoms with Crippen molar-refractivity contribution in [2.75, 3.05) is 97.2 Å². The molecule has 394 valence electrons. The van der Waals surface area contributed by atoms with Gasteiger partial charge in [0.1, 0.15) is 17.7 Å². The molecule has 4 aliphatic heterocycles. The van der Waals surface area contributed by atoms with E-state index in [1.807, 2.05) is 12.1 Å². The highest BCUT2D eigenvalue weighted by atomic mass is 32.2. The number of fused-ring (bicyclic) bond motifs is 2. The van der Waals surface area contributed by atoms with E-state index in [4.69, 9.17) is 29.4 Å². The van der Waals surface area contributed by atoms with Crippen molar-refractivity contribution in [3.05, 3.63) is 113 Å². The number of nitrogen functional groups attached to an aromatic ring is 1. The number of carbonyl (C=O) groups excluding carboxylic acids is 5. The van der Waals surface area contributed by atoms with E-state index in [0.29, 0.717) is 151 Å². The Bertz CT molecular complexity index is 2860. The summed E-state index contributed by atoms with van der Waals surface area (Å²) < 4.78 is 70.8. The van der Waals surface area contributed by atoms with Gasteiger partial charge in [0.05, 0.1) is 87.7 Å². The van der Waals surface area contributed by atoms with E-state index in [0.717, 1.165) is 27.7 Å². The molecule has 0 spiro atoms. The van der Waals surface area contributed by atoms with Gasteiger partial charge < -0.3 is 45.0 Å². The van der Waals surface area contributed by atoms with Crippen LogP contribution in [0.25, 0.3) is 22.3 Å². The smallest absolute Gasteiger partial charge is 0.262 e. The molecule has 2 atom stereocenters. The zero-order valence-electron chi connectivity index (χ0n) is 41.4. The van der Waals surface area contributed by atoms with Crippen LogP contribution in [-0.4, -0.2) is 150 Å². The number of allylic oxidation sites excluding steroid dienone is 1. The first-order valence-corrected chi connectivity index (χ1v) is 26.8. The van der Waals surface area contributed by atoms with Gasteiger partial charge in [-0.3, -0.25) is 28.9 Å². The number of hydrogen-bond acceptors (Lipinski definition) is 14. The van der Waals surface area contributed by atoms with Crippen LogP contribution >= 0.6 is 0 Å². The lowest BCUT2D eigenvalue weighted by atomic mass is 9.94. The molecule has 74 heavy (non-hydrogen) atoms. The minimum atomic E-state index is -3.89. The largest absolute Gasteiger partial charge is 0.383 e. The number of ether oxygens (including phenoxy) is 5. The third kappa shape index (κ3) is 13.3. The third-order valence-electron chi connectivity index (χ3n) is 13.5. The maximum Gasteiger partial charge on any atom is 0.262 e. The number of anilines is 1. The molecular weight excluding hydrogens is 976 g/mol. The van der Waals surface area contributed by atoms with E-state index in [9.17, 15) is 32.4 Å². The molecule has 5 heterocycles. The number of rotatable bonds is 25. The van der Waals surface area contributed by atoms with Gasteiger partial charge in [0.25, 0.3) is 17.7 Å². The first-order chi connectivity index (χ1) is 35.8. The normalized spacial score (nSPS) is 17.8. The number of aromatic nitrogens is 1. The molecule has 2 saturated heterocycles. The van der Waals surface area contributed by atoms with Crippen molar-refractivity contribution in [1.29, 1.82) is 0 Å². The number of halogens is 1. The van der Waals surface area contributed by atoms with Crippen LogP contribution in [0.4, 0.5) is 10.2 Å². The fraction of sp³-hybridized carbons (Fsp3) is 0.444. The molecular formula is C54H63FN6O12S. The Labute approximate surface area is 430 Å². The zero-order valence-corrected chi connectivity index (χ0v) is 42.2. The Kier molecular flexibility index (Phi) is 18.3. The van der Waals surface area contributed by atoms with Crippen LogP contribution in [0.5, 0.6) is 0 Å². The van der Waals surface area contributed by atoms with Gasteiger partial charge >= 0.3 is 0 Å². The molecule has 4 aliphatic rings. The van der Waals surface area contributed by atoms with E-state index in [-0.39, 0.29) is 59.3 Å².